The molecule has 29 heavy (non-hydrogen) atoms. The number of ether oxygens (including phenoxy) is 1. The number of cyclic esters (lactones) is 1. The number of hydrogen-bond donors (Lipinski definition) is 3. The zero-order valence-corrected chi connectivity index (χ0v) is 17.1. The number of pyridine rings is 1. The molecule has 7 heteroatoms. The lowest BCUT2D eigenvalue weighted by Crippen LogP contribution is -2.53. The summed E-state index contributed by atoms with van der Waals surface area (Å²) in [6, 6.07) is 2.24. The minimum absolute atomic E-state index is 0.0426. The number of aliphatic hydroxyl groups excluding tert-OH is 1. The van der Waals surface area contributed by atoms with Crippen molar-refractivity contribution in [1.29, 1.82) is 0 Å². The van der Waals surface area contributed by atoms with Gasteiger partial charge in [0.2, 0.25) is 0 Å². The van der Waals surface area contributed by atoms with Crippen molar-refractivity contribution in [3.63, 3.8) is 0 Å². The first kappa shape index (κ1) is 19.3. The third-order valence-corrected chi connectivity index (χ3v) is 8.06. The van der Waals surface area contributed by atoms with E-state index in [1.54, 1.807) is 6.92 Å². The molecule has 7 nitrogen and oxygen atoms in total. The molecule has 1 aromatic rings. The number of carbonyl (C=O) groups excluding carboxylic acids is 1. The smallest absolute Gasteiger partial charge is 0.343 e. The maximum absolute atomic E-state index is 13.2. The van der Waals surface area contributed by atoms with E-state index in [4.69, 9.17) is 4.74 Å². The fourth-order valence-electron chi connectivity index (χ4n) is 6.44. The van der Waals surface area contributed by atoms with Gasteiger partial charge in [0.1, 0.15) is 6.61 Å². The molecule has 4 aliphatic rings. The van der Waals surface area contributed by atoms with Crippen LogP contribution in [0.15, 0.2) is 10.9 Å². The van der Waals surface area contributed by atoms with Gasteiger partial charge < -0.3 is 24.8 Å². The van der Waals surface area contributed by atoms with Crippen LogP contribution < -0.4 is 10.9 Å². The monoisotopic (exact) mass is 402 g/mol. The fraction of sp³-hybridized carbons (Fsp3) is 0.727. The Labute approximate surface area is 170 Å². The lowest BCUT2D eigenvalue weighted by molar-refractivity contribution is -0.172. The molecule has 7 atom stereocenters. The molecular formula is C22H30N2O5. The topological polar surface area (TPSA) is 101 Å². The first-order valence-corrected chi connectivity index (χ1v) is 11.0. The molecule has 0 bridgehead atoms. The summed E-state index contributed by atoms with van der Waals surface area (Å²) in [6.45, 7) is 4.43. The Balaban J connectivity index is 1.55. The van der Waals surface area contributed by atoms with E-state index in [1.165, 1.54) is 0 Å². The zero-order valence-electron chi connectivity index (χ0n) is 17.1. The van der Waals surface area contributed by atoms with E-state index in [0.29, 0.717) is 35.5 Å². The average Bonchev–Trinajstić information content (AvgIpc) is 3.08. The SMILES string of the molecule is CCC1C(O)CCC2NC3c4cc5c(c(=O)n4CC3CC21)COC(=O)[C@]5(O)CC. The normalized spacial score (nSPS) is 40.5. The molecule has 1 aromatic heterocycles. The van der Waals surface area contributed by atoms with Crippen molar-refractivity contribution in [2.24, 2.45) is 17.8 Å². The van der Waals surface area contributed by atoms with E-state index < -0.39 is 11.6 Å². The summed E-state index contributed by atoms with van der Waals surface area (Å²) in [4.78, 5) is 25.5. The average molecular weight is 402 g/mol. The second-order valence-electron chi connectivity index (χ2n) is 9.29. The predicted octanol–water partition coefficient (Wildman–Crippen LogP) is 1.33. The highest BCUT2D eigenvalue weighted by atomic mass is 16.6. The molecule has 3 aliphatic heterocycles. The van der Waals surface area contributed by atoms with E-state index in [9.17, 15) is 19.8 Å². The van der Waals surface area contributed by atoms with Crippen LogP contribution in [0.3, 0.4) is 0 Å². The molecule has 6 unspecified atom stereocenters. The van der Waals surface area contributed by atoms with Crippen LogP contribution in [-0.4, -0.2) is 32.9 Å². The molecule has 0 radical (unpaired) electrons. The van der Waals surface area contributed by atoms with E-state index >= 15 is 0 Å². The second-order valence-corrected chi connectivity index (χ2v) is 9.29. The summed E-state index contributed by atoms with van der Waals surface area (Å²) in [5, 5.41) is 25.2. The van der Waals surface area contributed by atoms with Crippen molar-refractivity contribution in [1.82, 2.24) is 9.88 Å². The number of aliphatic hydroxyl groups is 2. The number of hydrogen-bond acceptors (Lipinski definition) is 6. The first-order valence-electron chi connectivity index (χ1n) is 11.0. The molecule has 1 aliphatic carbocycles. The molecule has 0 amide bonds. The van der Waals surface area contributed by atoms with Crippen LogP contribution in [0.25, 0.3) is 0 Å². The third kappa shape index (κ3) is 2.60. The fourth-order valence-corrected chi connectivity index (χ4v) is 6.44. The maximum atomic E-state index is 13.2. The standard InChI is InChI=1S/C22H30N2O5/c1-3-12-13-7-11-9-24-17(19(11)23-16(13)5-6-18(12)25)8-15-14(20(24)26)10-29-21(27)22(15,28)4-2/h8,11-13,16,18-19,23,25,28H,3-7,9-10H2,1-2H3/t11?,12?,13?,16?,18?,19?,22-/m0/s1. The number of fused-ring (bicyclic) bond motifs is 5. The van der Waals surface area contributed by atoms with Crippen LogP contribution in [0.2, 0.25) is 0 Å². The van der Waals surface area contributed by atoms with Gasteiger partial charge in [-0.2, -0.15) is 0 Å². The minimum atomic E-state index is -1.75. The summed E-state index contributed by atoms with van der Waals surface area (Å²) in [6.07, 6.45) is 3.63. The Morgan fingerprint density at radius 1 is 1.31 bits per heavy atom. The largest absolute Gasteiger partial charge is 0.458 e. The van der Waals surface area contributed by atoms with Crippen LogP contribution in [-0.2, 0) is 28.3 Å². The van der Waals surface area contributed by atoms with Gasteiger partial charge >= 0.3 is 5.97 Å². The van der Waals surface area contributed by atoms with Gasteiger partial charge in [0.15, 0.2) is 5.60 Å². The predicted molar refractivity (Wildman–Crippen MR) is 105 cm³/mol. The van der Waals surface area contributed by atoms with Crippen LogP contribution in [0.4, 0.5) is 0 Å². The molecule has 2 fully saturated rings. The Morgan fingerprint density at radius 2 is 2.10 bits per heavy atom. The Hall–Kier alpha value is -1.70. The summed E-state index contributed by atoms with van der Waals surface area (Å²) >= 11 is 0. The Bertz CT molecular complexity index is 911. The van der Waals surface area contributed by atoms with Crippen molar-refractivity contribution >= 4 is 5.97 Å². The molecule has 0 spiro atoms. The van der Waals surface area contributed by atoms with Gasteiger partial charge in [-0.1, -0.05) is 20.3 Å². The van der Waals surface area contributed by atoms with Gasteiger partial charge in [0.05, 0.1) is 17.7 Å². The van der Waals surface area contributed by atoms with Crippen LogP contribution in [0.1, 0.15) is 68.8 Å². The van der Waals surface area contributed by atoms with Crippen molar-refractivity contribution in [2.45, 2.75) is 82.9 Å². The van der Waals surface area contributed by atoms with E-state index in [1.807, 2.05) is 10.6 Å². The molecule has 1 saturated carbocycles. The zero-order chi connectivity index (χ0) is 20.5. The summed E-state index contributed by atoms with van der Waals surface area (Å²) in [7, 11) is 0. The molecule has 4 heterocycles. The highest BCUT2D eigenvalue weighted by Gasteiger charge is 2.50. The minimum Gasteiger partial charge on any atom is -0.458 e. The van der Waals surface area contributed by atoms with Crippen LogP contribution in [0, 0.1) is 17.8 Å². The quantitative estimate of drug-likeness (QED) is 0.646. The highest BCUT2D eigenvalue weighted by Crippen LogP contribution is 2.47. The number of nitrogens with one attached hydrogen (secondary N) is 1. The van der Waals surface area contributed by atoms with Gasteiger partial charge in [-0.05, 0) is 49.5 Å². The molecular weight excluding hydrogens is 372 g/mol. The molecule has 1 saturated heterocycles. The summed E-state index contributed by atoms with van der Waals surface area (Å²) in [5.74, 6) is 0.322. The number of piperidine rings is 1. The van der Waals surface area contributed by atoms with Gasteiger partial charge in [0, 0.05) is 23.8 Å². The summed E-state index contributed by atoms with van der Waals surface area (Å²) in [5.41, 5.74) is -0.209. The first-order chi connectivity index (χ1) is 13.9. The van der Waals surface area contributed by atoms with Gasteiger partial charge in [-0.25, -0.2) is 4.79 Å². The van der Waals surface area contributed by atoms with E-state index in [-0.39, 0.29) is 36.7 Å². The summed E-state index contributed by atoms with van der Waals surface area (Å²) < 4.78 is 6.95. The lowest BCUT2D eigenvalue weighted by atomic mass is 9.66. The molecule has 0 aromatic carbocycles. The van der Waals surface area contributed by atoms with Gasteiger partial charge in [-0.15, -0.1) is 0 Å². The number of rotatable bonds is 2. The third-order valence-electron chi connectivity index (χ3n) is 8.06. The Kier molecular flexibility index (Phi) is 4.42. The van der Waals surface area contributed by atoms with E-state index in [2.05, 4.69) is 12.2 Å². The number of aromatic nitrogens is 1. The highest BCUT2D eigenvalue weighted by molar-refractivity contribution is 5.83. The van der Waals surface area contributed by atoms with Crippen molar-refractivity contribution in [3.05, 3.63) is 33.2 Å². The van der Waals surface area contributed by atoms with Crippen LogP contribution >= 0.6 is 0 Å². The van der Waals surface area contributed by atoms with Crippen molar-refractivity contribution < 1.29 is 19.7 Å². The van der Waals surface area contributed by atoms with Gasteiger partial charge in [0.25, 0.3) is 5.56 Å². The lowest BCUT2D eigenvalue weighted by Gasteiger charge is -2.48. The Morgan fingerprint density at radius 3 is 2.83 bits per heavy atom. The molecule has 158 valence electrons. The molecule has 5 rings (SSSR count). The number of nitrogens with zero attached hydrogens (tertiary/aromatic N) is 1. The van der Waals surface area contributed by atoms with Crippen LogP contribution in [0.5, 0.6) is 0 Å². The number of esters is 1. The van der Waals surface area contributed by atoms with Crippen molar-refractivity contribution in [3.8, 4) is 0 Å². The maximum Gasteiger partial charge on any atom is 0.343 e. The van der Waals surface area contributed by atoms with E-state index in [0.717, 1.165) is 31.4 Å². The van der Waals surface area contributed by atoms with Crippen molar-refractivity contribution in [2.75, 3.05) is 0 Å². The molecule has 3 N–H and O–H groups in total. The second kappa shape index (κ2) is 6.65. The van der Waals surface area contributed by atoms with Gasteiger partial charge in [-0.3, -0.25) is 4.79 Å². The number of carbonyl (C=O) groups is 1.